The second-order valence-corrected chi connectivity index (χ2v) is 4.26. The third-order valence-corrected chi connectivity index (χ3v) is 2.94. The summed E-state index contributed by atoms with van der Waals surface area (Å²) in [5.74, 6) is 0. The van der Waals surface area contributed by atoms with E-state index in [-0.39, 0.29) is 0 Å². The summed E-state index contributed by atoms with van der Waals surface area (Å²) in [6.07, 6.45) is 5.14. The Bertz CT molecular complexity index is 257. The number of allylic oxidation sites excluding steroid dienone is 1. The van der Waals surface area contributed by atoms with Gasteiger partial charge in [-0.2, -0.15) is 0 Å². The first-order valence-electron chi connectivity index (χ1n) is 5.35. The number of ether oxygens (including phenoxy) is 1. The molecule has 0 atom stereocenters. The Labute approximate surface area is 96.0 Å². The molecule has 0 spiro atoms. The molecule has 0 unspecified atom stereocenters. The molecule has 0 aliphatic rings. The maximum atomic E-state index is 5.36. The average Bonchev–Trinajstić information content (AvgIpc) is 2.75. The number of thiophene rings is 1. The van der Waals surface area contributed by atoms with Crippen LogP contribution in [-0.4, -0.2) is 26.3 Å². The van der Waals surface area contributed by atoms with E-state index >= 15 is 0 Å². The van der Waals surface area contributed by atoms with Crippen molar-refractivity contribution in [3.8, 4) is 0 Å². The van der Waals surface area contributed by atoms with Crippen LogP contribution in [0.4, 0.5) is 0 Å². The maximum absolute atomic E-state index is 5.36. The van der Waals surface area contributed by atoms with Crippen molar-refractivity contribution in [1.29, 1.82) is 0 Å². The Kier molecular flexibility index (Phi) is 7.17. The van der Waals surface area contributed by atoms with Crippen LogP contribution in [0.25, 0.3) is 0 Å². The summed E-state index contributed by atoms with van der Waals surface area (Å²) in [6.45, 7) is 5.48. The van der Waals surface area contributed by atoms with E-state index in [2.05, 4.69) is 22.8 Å². The normalized spacial score (nSPS) is 11.3. The fourth-order valence-electron chi connectivity index (χ4n) is 1.18. The van der Waals surface area contributed by atoms with Gasteiger partial charge in [0.1, 0.15) is 0 Å². The number of hydrogen-bond acceptors (Lipinski definition) is 3. The van der Waals surface area contributed by atoms with E-state index in [9.17, 15) is 0 Å². The van der Waals surface area contributed by atoms with Crippen LogP contribution < -0.4 is 5.32 Å². The van der Waals surface area contributed by atoms with E-state index in [1.54, 1.807) is 0 Å². The van der Waals surface area contributed by atoms with Gasteiger partial charge < -0.3 is 10.1 Å². The van der Waals surface area contributed by atoms with E-state index in [0.717, 1.165) is 32.7 Å². The van der Waals surface area contributed by atoms with Gasteiger partial charge in [0.2, 0.25) is 0 Å². The molecule has 0 amide bonds. The molecule has 0 radical (unpaired) electrons. The van der Waals surface area contributed by atoms with Gasteiger partial charge >= 0.3 is 0 Å². The van der Waals surface area contributed by atoms with Crippen LogP contribution in [0.5, 0.6) is 0 Å². The second-order valence-electron chi connectivity index (χ2n) is 3.22. The fourth-order valence-corrected chi connectivity index (χ4v) is 1.89. The summed E-state index contributed by atoms with van der Waals surface area (Å²) in [4.78, 5) is 1.44. The summed E-state index contributed by atoms with van der Waals surface area (Å²) in [5, 5.41) is 5.48. The molecular weight excluding hydrogens is 206 g/mol. The molecule has 0 saturated heterocycles. The fraction of sp³-hybridized carbons (Fsp3) is 0.500. The first kappa shape index (κ1) is 12.4. The smallest absolute Gasteiger partial charge is 0.0647 e. The zero-order chi connectivity index (χ0) is 10.8. The van der Waals surface area contributed by atoms with Gasteiger partial charge in [0.25, 0.3) is 0 Å². The van der Waals surface area contributed by atoms with Gasteiger partial charge in [-0.1, -0.05) is 18.2 Å². The molecule has 0 bridgehead atoms. The topological polar surface area (TPSA) is 21.3 Å². The zero-order valence-corrected chi connectivity index (χ0v) is 10.1. The summed E-state index contributed by atoms with van der Waals surface area (Å²) in [6, 6.07) is 4.27. The molecule has 1 aromatic heterocycles. The molecule has 0 saturated carbocycles. The van der Waals surface area contributed by atoms with Gasteiger partial charge in [0, 0.05) is 18.0 Å². The van der Waals surface area contributed by atoms with Crippen LogP contribution in [0.1, 0.15) is 11.8 Å². The van der Waals surface area contributed by atoms with E-state index in [0.29, 0.717) is 0 Å². The van der Waals surface area contributed by atoms with E-state index in [1.165, 1.54) is 4.88 Å². The molecule has 3 heteroatoms. The lowest BCUT2D eigenvalue weighted by Gasteiger charge is -2.03. The highest BCUT2D eigenvalue weighted by Crippen LogP contribution is 2.07. The van der Waals surface area contributed by atoms with Crippen molar-refractivity contribution in [3.63, 3.8) is 0 Å². The quantitative estimate of drug-likeness (QED) is 0.542. The SMILES string of the molecule is CC=CCOCCNCCc1cccs1. The number of rotatable bonds is 8. The Balaban J connectivity index is 1.85. The minimum Gasteiger partial charge on any atom is -0.376 e. The van der Waals surface area contributed by atoms with E-state index in [4.69, 9.17) is 4.74 Å². The predicted molar refractivity (Wildman–Crippen MR) is 66.5 cm³/mol. The lowest BCUT2D eigenvalue weighted by molar-refractivity contribution is 0.164. The molecule has 1 N–H and O–H groups in total. The first-order chi connectivity index (χ1) is 7.43. The number of hydrogen-bond donors (Lipinski definition) is 1. The third kappa shape index (κ3) is 6.44. The molecule has 0 aliphatic heterocycles. The average molecular weight is 225 g/mol. The second kappa shape index (κ2) is 8.65. The highest BCUT2D eigenvalue weighted by Gasteiger charge is 1.92. The largest absolute Gasteiger partial charge is 0.376 e. The van der Waals surface area contributed by atoms with Crippen molar-refractivity contribution in [3.05, 3.63) is 34.5 Å². The molecule has 84 valence electrons. The van der Waals surface area contributed by atoms with Gasteiger partial charge in [0.05, 0.1) is 13.2 Å². The van der Waals surface area contributed by atoms with Gasteiger partial charge in [-0.05, 0) is 24.8 Å². The van der Waals surface area contributed by atoms with Crippen LogP contribution in [0.2, 0.25) is 0 Å². The minimum atomic E-state index is 0.725. The Morgan fingerprint density at radius 2 is 2.40 bits per heavy atom. The van der Waals surface area contributed by atoms with E-state index in [1.807, 2.05) is 30.4 Å². The van der Waals surface area contributed by atoms with Gasteiger partial charge in [-0.15, -0.1) is 11.3 Å². The van der Waals surface area contributed by atoms with Crippen molar-refractivity contribution in [2.75, 3.05) is 26.3 Å². The molecule has 15 heavy (non-hydrogen) atoms. The first-order valence-corrected chi connectivity index (χ1v) is 6.23. The Morgan fingerprint density at radius 1 is 1.47 bits per heavy atom. The molecule has 0 aromatic carbocycles. The lowest BCUT2D eigenvalue weighted by atomic mass is 10.3. The Morgan fingerprint density at radius 3 is 3.13 bits per heavy atom. The Hall–Kier alpha value is -0.640. The molecule has 0 fully saturated rings. The van der Waals surface area contributed by atoms with Crippen LogP contribution in [-0.2, 0) is 11.2 Å². The molecule has 0 aliphatic carbocycles. The lowest BCUT2D eigenvalue weighted by Crippen LogP contribution is -2.22. The van der Waals surface area contributed by atoms with Gasteiger partial charge in [0.15, 0.2) is 0 Å². The molecule has 1 aromatic rings. The van der Waals surface area contributed by atoms with Crippen molar-refractivity contribution < 1.29 is 4.74 Å². The van der Waals surface area contributed by atoms with Crippen LogP contribution >= 0.6 is 11.3 Å². The summed E-state index contributed by atoms with van der Waals surface area (Å²) in [7, 11) is 0. The number of nitrogens with one attached hydrogen (secondary N) is 1. The van der Waals surface area contributed by atoms with Crippen molar-refractivity contribution in [1.82, 2.24) is 5.32 Å². The van der Waals surface area contributed by atoms with Crippen molar-refractivity contribution in [2.24, 2.45) is 0 Å². The zero-order valence-electron chi connectivity index (χ0n) is 9.24. The van der Waals surface area contributed by atoms with Crippen molar-refractivity contribution >= 4 is 11.3 Å². The summed E-state index contributed by atoms with van der Waals surface area (Å²) < 4.78 is 5.36. The van der Waals surface area contributed by atoms with Crippen molar-refractivity contribution in [2.45, 2.75) is 13.3 Å². The van der Waals surface area contributed by atoms with E-state index < -0.39 is 0 Å². The minimum absolute atomic E-state index is 0.725. The standard InChI is InChI=1S/C12H19NOS/c1-2-3-9-14-10-8-13-7-6-12-5-4-11-15-12/h2-5,11,13H,6-10H2,1H3. The van der Waals surface area contributed by atoms with Crippen LogP contribution in [0.3, 0.4) is 0 Å². The summed E-state index contributed by atoms with van der Waals surface area (Å²) >= 11 is 1.82. The third-order valence-electron chi connectivity index (χ3n) is 2.00. The molecule has 1 rings (SSSR count). The van der Waals surface area contributed by atoms with Crippen LogP contribution in [0, 0.1) is 0 Å². The van der Waals surface area contributed by atoms with Gasteiger partial charge in [-0.3, -0.25) is 0 Å². The highest BCUT2D eigenvalue weighted by molar-refractivity contribution is 7.09. The molecular formula is C12H19NOS. The summed E-state index contributed by atoms with van der Waals surface area (Å²) in [5.41, 5.74) is 0. The monoisotopic (exact) mass is 225 g/mol. The molecule has 2 nitrogen and oxygen atoms in total. The maximum Gasteiger partial charge on any atom is 0.0647 e. The van der Waals surface area contributed by atoms with Crippen LogP contribution in [0.15, 0.2) is 29.7 Å². The highest BCUT2D eigenvalue weighted by atomic mass is 32.1. The van der Waals surface area contributed by atoms with Gasteiger partial charge in [-0.25, -0.2) is 0 Å². The molecule has 1 heterocycles. The predicted octanol–water partition coefficient (Wildman–Crippen LogP) is 2.47.